The van der Waals surface area contributed by atoms with Crippen LogP contribution in [0, 0.1) is 11.3 Å². The molecule has 0 spiro atoms. The molecule has 1 aromatic carbocycles. The Kier molecular flexibility index (Phi) is 2.24. The van der Waals surface area contributed by atoms with Crippen molar-refractivity contribution in [1.29, 1.82) is 5.26 Å². The number of benzene rings is 1. The largest absolute Gasteiger partial charge is 0.496 e. The molecule has 0 fully saturated rings. The number of fused-ring (bicyclic) bond motifs is 1. The molecule has 0 atom stereocenters. The van der Waals surface area contributed by atoms with Crippen molar-refractivity contribution in [1.82, 2.24) is 0 Å². The summed E-state index contributed by atoms with van der Waals surface area (Å²) in [6, 6.07) is 8.20. The van der Waals surface area contributed by atoms with E-state index >= 15 is 0 Å². The molecule has 0 amide bonds. The monoisotopic (exact) mass is 185 g/mol. The highest BCUT2D eigenvalue weighted by Crippen LogP contribution is 2.30. The number of hydrogen-bond acceptors (Lipinski definition) is 2. The van der Waals surface area contributed by atoms with Gasteiger partial charge in [0, 0.05) is 11.1 Å². The van der Waals surface area contributed by atoms with Gasteiger partial charge >= 0.3 is 0 Å². The number of allylic oxidation sites excluding steroid dienone is 1. The van der Waals surface area contributed by atoms with E-state index in [1.807, 2.05) is 18.2 Å². The molecule has 0 saturated carbocycles. The van der Waals surface area contributed by atoms with Gasteiger partial charge in [-0.15, -0.1) is 0 Å². The number of nitriles is 1. The first kappa shape index (κ1) is 8.83. The first-order valence-corrected chi connectivity index (χ1v) is 4.61. The van der Waals surface area contributed by atoms with Crippen molar-refractivity contribution in [2.24, 2.45) is 0 Å². The third kappa shape index (κ3) is 1.38. The van der Waals surface area contributed by atoms with Gasteiger partial charge in [0.25, 0.3) is 0 Å². The standard InChI is InChI=1S/C12H11NO/c1-14-12-4-2-3-10-6-5-9(8-13)7-11(10)12/h2-4,7H,5-6H2,1H3. The predicted molar refractivity (Wildman–Crippen MR) is 54.9 cm³/mol. The van der Waals surface area contributed by atoms with Gasteiger partial charge in [-0.1, -0.05) is 12.1 Å². The van der Waals surface area contributed by atoms with Crippen LogP contribution >= 0.6 is 0 Å². The fourth-order valence-corrected chi connectivity index (χ4v) is 1.75. The first-order chi connectivity index (χ1) is 6.85. The smallest absolute Gasteiger partial charge is 0.126 e. The summed E-state index contributed by atoms with van der Waals surface area (Å²) in [6.45, 7) is 0. The quantitative estimate of drug-likeness (QED) is 0.673. The summed E-state index contributed by atoms with van der Waals surface area (Å²) in [4.78, 5) is 0. The van der Waals surface area contributed by atoms with Crippen molar-refractivity contribution >= 4 is 6.08 Å². The van der Waals surface area contributed by atoms with Gasteiger partial charge < -0.3 is 4.74 Å². The van der Waals surface area contributed by atoms with E-state index in [0.717, 1.165) is 29.7 Å². The van der Waals surface area contributed by atoms with Crippen LogP contribution in [-0.4, -0.2) is 7.11 Å². The Bertz CT molecular complexity index is 426. The SMILES string of the molecule is COc1cccc2c1C=C(C#N)CC2. The molecule has 1 aromatic rings. The van der Waals surface area contributed by atoms with Crippen LogP contribution in [0.2, 0.25) is 0 Å². The van der Waals surface area contributed by atoms with Gasteiger partial charge in [0.2, 0.25) is 0 Å². The van der Waals surface area contributed by atoms with E-state index in [1.54, 1.807) is 7.11 Å². The lowest BCUT2D eigenvalue weighted by Crippen LogP contribution is -2.00. The van der Waals surface area contributed by atoms with Gasteiger partial charge in [-0.25, -0.2) is 0 Å². The molecule has 0 radical (unpaired) electrons. The molecule has 0 saturated heterocycles. The van der Waals surface area contributed by atoms with Gasteiger partial charge in [0.1, 0.15) is 5.75 Å². The molecule has 0 unspecified atom stereocenters. The van der Waals surface area contributed by atoms with E-state index < -0.39 is 0 Å². The van der Waals surface area contributed by atoms with Crippen LogP contribution in [0.5, 0.6) is 5.75 Å². The third-order valence-corrected chi connectivity index (χ3v) is 2.50. The predicted octanol–water partition coefficient (Wildman–Crippen LogP) is 2.55. The Hall–Kier alpha value is -1.75. The number of rotatable bonds is 1. The number of ether oxygens (including phenoxy) is 1. The molecule has 0 N–H and O–H groups in total. The molecule has 2 heteroatoms. The first-order valence-electron chi connectivity index (χ1n) is 4.61. The summed E-state index contributed by atoms with van der Waals surface area (Å²) >= 11 is 0. The Morgan fingerprint density at radius 3 is 2.93 bits per heavy atom. The number of hydrogen-bond donors (Lipinski definition) is 0. The average molecular weight is 185 g/mol. The Morgan fingerprint density at radius 2 is 2.21 bits per heavy atom. The molecule has 0 aliphatic heterocycles. The highest BCUT2D eigenvalue weighted by atomic mass is 16.5. The second-order valence-corrected chi connectivity index (χ2v) is 3.31. The van der Waals surface area contributed by atoms with Gasteiger partial charge in [-0.2, -0.15) is 5.26 Å². The average Bonchev–Trinajstić information content (AvgIpc) is 2.27. The minimum Gasteiger partial charge on any atom is -0.496 e. The summed E-state index contributed by atoms with van der Waals surface area (Å²) in [7, 11) is 1.66. The van der Waals surface area contributed by atoms with Crippen molar-refractivity contribution in [3.8, 4) is 11.8 Å². The van der Waals surface area contributed by atoms with Crippen molar-refractivity contribution < 1.29 is 4.74 Å². The second-order valence-electron chi connectivity index (χ2n) is 3.31. The van der Waals surface area contributed by atoms with Gasteiger partial charge in [0.15, 0.2) is 0 Å². The highest BCUT2D eigenvalue weighted by molar-refractivity contribution is 5.68. The van der Waals surface area contributed by atoms with Crippen molar-refractivity contribution in [2.45, 2.75) is 12.8 Å². The van der Waals surface area contributed by atoms with Crippen LogP contribution in [0.3, 0.4) is 0 Å². The maximum absolute atomic E-state index is 8.82. The Labute approximate surface area is 83.4 Å². The zero-order chi connectivity index (χ0) is 9.97. The van der Waals surface area contributed by atoms with E-state index in [4.69, 9.17) is 10.00 Å². The molecule has 2 rings (SSSR count). The van der Waals surface area contributed by atoms with Crippen LogP contribution in [0.1, 0.15) is 17.5 Å². The summed E-state index contributed by atoms with van der Waals surface area (Å²) in [5.41, 5.74) is 3.17. The summed E-state index contributed by atoms with van der Waals surface area (Å²) < 4.78 is 5.25. The van der Waals surface area contributed by atoms with E-state index in [2.05, 4.69) is 12.1 Å². The molecule has 1 aliphatic rings. The molecule has 0 heterocycles. The summed E-state index contributed by atoms with van der Waals surface area (Å²) in [5.74, 6) is 0.856. The minimum absolute atomic E-state index is 0.835. The molecular formula is C12H11NO. The second kappa shape index (κ2) is 3.55. The number of nitrogens with zero attached hydrogens (tertiary/aromatic N) is 1. The third-order valence-electron chi connectivity index (χ3n) is 2.50. The van der Waals surface area contributed by atoms with E-state index in [0.29, 0.717) is 0 Å². The lowest BCUT2D eigenvalue weighted by atomic mass is 9.92. The molecule has 1 aliphatic carbocycles. The van der Waals surface area contributed by atoms with E-state index in [1.165, 1.54) is 5.56 Å². The molecule has 70 valence electrons. The summed E-state index contributed by atoms with van der Waals surface area (Å²) in [6.07, 6.45) is 3.71. The topological polar surface area (TPSA) is 33.0 Å². The summed E-state index contributed by atoms with van der Waals surface area (Å²) in [5, 5.41) is 8.82. The van der Waals surface area contributed by atoms with Crippen molar-refractivity contribution in [3.63, 3.8) is 0 Å². The fraction of sp³-hybridized carbons (Fsp3) is 0.250. The Morgan fingerprint density at radius 1 is 1.36 bits per heavy atom. The number of methoxy groups -OCH3 is 1. The zero-order valence-electron chi connectivity index (χ0n) is 8.08. The molecule has 14 heavy (non-hydrogen) atoms. The van der Waals surface area contributed by atoms with Crippen LogP contribution in [0.15, 0.2) is 23.8 Å². The number of aryl methyl sites for hydroxylation is 1. The minimum atomic E-state index is 0.835. The molecule has 0 aromatic heterocycles. The maximum Gasteiger partial charge on any atom is 0.126 e. The van der Waals surface area contributed by atoms with E-state index in [-0.39, 0.29) is 0 Å². The van der Waals surface area contributed by atoms with Gasteiger partial charge in [-0.05, 0) is 30.5 Å². The maximum atomic E-state index is 8.82. The van der Waals surface area contributed by atoms with E-state index in [9.17, 15) is 0 Å². The van der Waals surface area contributed by atoms with Crippen LogP contribution in [0.4, 0.5) is 0 Å². The van der Waals surface area contributed by atoms with Crippen LogP contribution in [-0.2, 0) is 6.42 Å². The molecule has 0 bridgehead atoms. The van der Waals surface area contributed by atoms with Gasteiger partial charge in [-0.3, -0.25) is 0 Å². The molecule has 2 nitrogen and oxygen atoms in total. The lowest BCUT2D eigenvalue weighted by molar-refractivity contribution is 0.413. The lowest BCUT2D eigenvalue weighted by Gasteiger charge is -2.15. The van der Waals surface area contributed by atoms with Crippen molar-refractivity contribution in [2.75, 3.05) is 7.11 Å². The highest BCUT2D eigenvalue weighted by Gasteiger charge is 2.13. The van der Waals surface area contributed by atoms with Gasteiger partial charge in [0.05, 0.1) is 13.2 Å². The fourth-order valence-electron chi connectivity index (χ4n) is 1.75. The normalized spacial score (nSPS) is 13.9. The van der Waals surface area contributed by atoms with Crippen LogP contribution in [0.25, 0.3) is 6.08 Å². The van der Waals surface area contributed by atoms with Crippen molar-refractivity contribution in [3.05, 3.63) is 34.9 Å². The van der Waals surface area contributed by atoms with Crippen LogP contribution < -0.4 is 4.74 Å². The Balaban J connectivity index is 2.55. The molecular weight excluding hydrogens is 174 g/mol. The zero-order valence-corrected chi connectivity index (χ0v) is 8.08.